The van der Waals surface area contributed by atoms with E-state index in [9.17, 15) is 0 Å². The van der Waals surface area contributed by atoms with Gasteiger partial charge in [-0.25, -0.2) is 0 Å². The van der Waals surface area contributed by atoms with E-state index in [1.807, 2.05) is 6.92 Å². The van der Waals surface area contributed by atoms with Crippen LogP contribution in [0.4, 0.5) is 0 Å². The van der Waals surface area contributed by atoms with E-state index in [0.29, 0.717) is 13.0 Å². The minimum Gasteiger partial charge on any atom is -0.350 e. The molecule has 1 fully saturated rings. The average molecular weight is 128 g/mol. The molecule has 0 spiro atoms. The van der Waals surface area contributed by atoms with Gasteiger partial charge in [0.05, 0.1) is 12.7 Å². The Morgan fingerprint density at radius 3 is 2.78 bits per heavy atom. The number of ether oxygens (including phenoxy) is 2. The molecule has 0 aromatic heterocycles. The third-order valence-corrected chi connectivity index (χ3v) is 1.41. The molecule has 2 atom stereocenters. The largest absolute Gasteiger partial charge is 0.350 e. The van der Waals surface area contributed by atoms with E-state index in [1.54, 1.807) is 0 Å². The molecule has 2 heteroatoms. The van der Waals surface area contributed by atoms with Gasteiger partial charge in [0, 0.05) is 0 Å². The van der Waals surface area contributed by atoms with Crippen molar-refractivity contribution in [2.24, 2.45) is 0 Å². The van der Waals surface area contributed by atoms with Gasteiger partial charge in [-0.05, 0) is 19.8 Å². The zero-order valence-electron chi connectivity index (χ0n) is 5.67. The zero-order valence-corrected chi connectivity index (χ0v) is 5.67. The quantitative estimate of drug-likeness (QED) is 0.557. The van der Waals surface area contributed by atoms with E-state index in [0.717, 1.165) is 6.42 Å². The first-order valence-electron chi connectivity index (χ1n) is 3.34. The minimum absolute atomic E-state index is 0.00134. The zero-order chi connectivity index (χ0) is 6.69. The van der Waals surface area contributed by atoms with Crippen LogP contribution >= 0.6 is 0 Å². The van der Waals surface area contributed by atoms with Crippen LogP contribution in [0.15, 0.2) is 0 Å². The van der Waals surface area contributed by atoms with E-state index in [4.69, 9.17) is 16.4 Å². The molecule has 52 valence electrons. The van der Waals surface area contributed by atoms with Gasteiger partial charge in [-0.15, -0.1) is 0 Å². The van der Waals surface area contributed by atoms with Crippen molar-refractivity contribution in [2.45, 2.75) is 32.2 Å². The molecule has 0 bridgehead atoms. The fourth-order valence-electron chi connectivity index (χ4n) is 0.846. The van der Waals surface area contributed by atoms with Crippen LogP contribution in [0.3, 0.4) is 0 Å². The first-order valence-corrected chi connectivity index (χ1v) is 3.34. The van der Waals surface area contributed by atoms with Crippen LogP contribution in [0.1, 0.15) is 19.8 Å². The van der Waals surface area contributed by atoms with Gasteiger partial charge in [0.2, 0.25) is 0 Å². The second kappa shape index (κ2) is 3.18. The molecule has 0 amide bonds. The highest BCUT2D eigenvalue weighted by atomic mass is 16.7. The molecule has 2 nitrogen and oxygen atoms in total. The van der Waals surface area contributed by atoms with E-state index >= 15 is 0 Å². The monoisotopic (exact) mass is 128 g/mol. The molecule has 1 aliphatic rings. The Morgan fingerprint density at radius 1 is 1.67 bits per heavy atom. The molecule has 2 radical (unpaired) electrons. The summed E-state index contributed by atoms with van der Waals surface area (Å²) in [6, 6.07) is 0. The van der Waals surface area contributed by atoms with Crippen LogP contribution in [0.5, 0.6) is 0 Å². The smallest absolute Gasteiger partial charge is 0.157 e. The SMILES string of the molecule is [CH]CC1COC(CC)O1. The van der Waals surface area contributed by atoms with Crippen LogP contribution < -0.4 is 0 Å². The van der Waals surface area contributed by atoms with Crippen molar-refractivity contribution in [1.29, 1.82) is 0 Å². The number of hydrogen-bond acceptors (Lipinski definition) is 2. The van der Waals surface area contributed by atoms with Gasteiger partial charge in [0.15, 0.2) is 6.29 Å². The summed E-state index contributed by atoms with van der Waals surface area (Å²) in [5, 5.41) is 0. The standard InChI is InChI=1S/C7H12O2/c1-3-6-5-8-7(4-2)9-6/h1,6-7H,3-5H2,2H3. The lowest BCUT2D eigenvalue weighted by molar-refractivity contribution is -0.0580. The van der Waals surface area contributed by atoms with Crippen molar-refractivity contribution >= 4 is 0 Å². The van der Waals surface area contributed by atoms with Crippen LogP contribution in [0.2, 0.25) is 0 Å². The van der Waals surface area contributed by atoms with Gasteiger partial charge in [0.1, 0.15) is 0 Å². The van der Waals surface area contributed by atoms with Gasteiger partial charge in [0.25, 0.3) is 0 Å². The summed E-state index contributed by atoms with van der Waals surface area (Å²) in [5.41, 5.74) is 0. The van der Waals surface area contributed by atoms with Gasteiger partial charge in [-0.2, -0.15) is 0 Å². The average Bonchev–Trinajstić information content (AvgIpc) is 2.34. The maximum absolute atomic E-state index is 5.35. The minimum atomic E-state index is -0.00134. The molecule has 1 rings (SSSR count). The summed E-state index contributed by atoms with van der Waals surface area (Å²) >= 11 is 0. The molecule has 0 aromatic carbocycles. The summed E-state index contributed by atoms with van der Waals surface area (Å²) in [4.78, 5) is 0. The highest BCUT2D eigenvalue weighted by Gasteiger charge is 2.22. The molecular weight excluding hydrogens is 116 g/mol. The third kappa shape index (κ3) is 1.66. The van der Waals surface area contributed by atoms with Crippen LogP contribution in [-0.2, 0) is 9.47 Å². The van der Waals surface area contributed by atoms with Crippen molar-refractivity contribution in [2.75, 3.05) is 6.61 Å². The summed E-state index contributed by atoms with van der Waals surface area (Å²) in [6.45, 7) is 8.04. The fraction of sp³-hybridized carbons (Fsp3) is 0.857. The highest BCUT2D eigenvalue weighted by Crippen LogP contribution is 2.15. The lowest BCUT2D eigenvalue weighted by atomic mass is 10.3. The number of hydrogen-bond donors (Lipinski definition) is 0. The third-order valence-electron chi connectivity index (χ3n) is 1.41. The predicted molar refractivity (Wildman–Crippen MR) is 33.8 cm³/mol. The van der Waals surface area contributed by atoms with E-state index in [1.165, 1.54) is 0 Å². The lowest BCUT2D eigenvalue weighted by Gasteiger charge is -2.05. The molecule has 0 saturated carbocycles. The van der Waals surface area contributed by atoms with E-state index < -0.39 is 0 Å². The molecule has 0 aromatic rings. The maximum atomic E-state index is 5.35. The summed E-state index contributed by atoms with van der Waals surface area (Å²) in [7, 11) is 0. The van der Waals surface area contributed by atoms with E-state index in [-0.39, 0.29) is 12.4 Å². The first kappa shape index (κ1) is 7.03. The van der Waals surface area contributed by atoms with Gasteiger partial charge in [-0.3, -0.25) is 0 Å². The maximum Gasteiger partial charge on any atom is 0.157 e. The Labute approximate surface area is 56.2 Å². The molecule has 2 unspecified atom stereocenters. The lowest BCUT2D eigenvalue weighted by Crippen LogP contribution is -2.09. The molecule has 9 heavy (non-hydrogen) atoms. The molecule has 1 saturated heterocycles. The van der Waals surface area contributed by atoms with Gasteiger partial charge < -0.3 is 9.47 Å². The molecule has 0 aliphatic carbocycles. The Bertz CT molecular complexity index is 73.0. The Kier molecular flexibility index (Phi) is 2.49. The van der Waals surface area contributed by atoms with Crippen molar-refractivity contribution < 1.29 is 9.47 Å². The Morgan fingerprint density at radius 2 is 2.44 bits per heavy atom. The molecule has 1 heterocycles. The van der Waals surface area contributed by atoms with E-state index in [2.05, 4.69) is 0 Å². The Balaban J connectivity index is 2.20. The normalized spacial score (nSPS) is 35.3. The van der Waals surface area contributed by atoms with Crippen molar-refractivity contribution in [1.82, 2.24) is 0 Å². The predicted octanol–water partition coefficient (Wildman–Crippen LogP) is 1.24. The van der Waals surface area contributed by atoms with Crippen molar-refractivity contribution in [3.63, 3.8) is 0 Å². The topological polar surface area (TPSA) is 18.5 Å². The molecule has 0 N–H and O–H groups in total. The van der Waals surface area contributed by atoms with Gasteiger partial charge in [-0.1, -0.05) is 6.92 Å². The highest BCUT2D eigenvalue weighted by molar-refractivity contribution is 4.64. The summed E-state index contributed by atoms with van der Waals surface area (Å²) in [6.07, 6.45) is 1.61. The van der Waals surface area contributed by atoms with Crippen molar-refractivity contribution in [3.05, 3.63) is 6.92 Å². The van der Waals surface area contributed by atoms with Crippen LogP contribution in [0, 0.1) is 6.92 Å². The Hall–Kier alpha value is -0.0800. The van der Waals surface area contributed by atoms with Gasteiger partial charge >= 0.3 is 0 Å². The molecular formula is C7H12O2. The summed E-state index contributed by atoms with van der Waals surface area (Å²) < 4.78 is 10.5. The van der Waals surface area contributed by atoms with Crippen LogP contribution in [-0.4, -0.2) is 19.0 Å². The molecule has 1 aliphatic heterocycles. The van der Waals surface area contributed by atoms with Crippen molar-refractivity contribution in [3.8, 4) is 0 Å². The fourth-order valence-corrected chi connectivity index (χ4v) is 0.846. The second-order valence-electron chi connectivity index (χ2n) is 2.16. The first-order chi connectivity index (χ1) is 4.36. The number of rotatable bonds is 2. The second-order valence-corrected chi connectivity index (χ2v) is 2.16. The van der Waals surface area contributed by atoms with Crippen LogP contribution in [0.25, 0.3) is 0 Å². The summed E-state index contributed by atoms with van der Waals surface area (Å²) in [5.74, 6) is 0.